The first-order valence-electron chi connectivity index (χ1n) is 2.08. The summed E-state index contributed by atoms with van der Waals surface area (Å²) < 4.78 is 23.6. The van der Waals surface area contributed by atoms with E-state index in [1.807, 2.05) is 0 Å². The molecule has 1 unspecified atom stereocenters. The van der Waals surface area contributed by atoms with E-state index in [4.69, 9.17) is 5.11 Å². The Morgan fingerprint density at radius 1 is 1.78 bits per heavy atom. The molecular weight excluding hydrogens is 136 g/mol. The number of carboxylic acids is 1. The Bertz CT molecular complexity index is 148. The zero-order valence-electron chi connectivity index (χ0n) is 4.10. The van der Waals surface area contributed by atoms with Gasteiger partial charge in [-0.2, -0.15) is 14.3 Å². The number of halogens is 2. The van der Waals surface area contributed by atoms with E-state index in [-0.39, 0.29) is 0 Å². The third-order valence-corrected chi connectivity index (χ3v) is 0.896. The van der Waals surface area contributed by atoms with E-state index < -0.39 is 18.1 Å². The maximum atomic E-state index is 11.8. The van der Waals surface area contributed by atoms with Gasteiger partial charge in [0.2, 0.25) is 6.04 Å². The Hall–Kier alpha value is -0.750. The van der Waals surface area contributed by atoms with Crippen molar-refractivity contribution in [3.05, 3.63) is 0 Å². The van der Waals surface area contributed by atoms with Gasteiger partial charge in [-0.05, 0) is 0 Å². The second kappa shape index (κ2) is 1.61. The molecule has 6 heteroatoms. The van der Waals surface area contributed by atoms with Crippen LogP contribution in [0.4, 0.5) is 8.78 Å². The normalized spacial score (nSPS) is 31.1. The molecule has 2 N–H and O–H groups in total. The third kappa shape index (κ3) is 0.859. The van der Waals surface area contributed by atoms with E-state index in [0.717, 1.165) is 0 Å². The van der Waals surface area contributed by atoms with Crippen LogP contribution in [0.1, 0.15) is 0 Å². The highest BCUT2D eigenvalue weighted by Gasteiger charge is 2.55. The van der Waals surface area contributed by atoms with Gasteiger partial charge in [-0.1, -0.05) is 0 Å². The molecule has 1 fully saturated rings. The molecule has 0 saturated carbocycles. The van der Waals surface area contributed by atoms with Gasteiger partial charge in [0.1, 0.15) is 0 Å². The Kier molecular flexibility index (Phi) is 1.14. The monoisotopic (exact) mass is 139 g/mol. The lowest BCUT2D eigenvalue weighted by molar-refractivity contribution is -0.375. The van der Waals surface area contributed by atoms with Crippen LogP contribution in [0.2, 0.25) is 0 Å². The summed E-state index contributed by atoms with van der Waals surface area (Å²) in [6, 6.07) is -1.89. The van der Waals surface area contributed by atoms with E-state index in [1.165, 1.54) is 0 Å². The highest BCUT2D eigenvalue weighted by atomic mass is 19.3. The molecule has 0 radical (unpaired) electrons. The van der Waals surface area contributed by atoms with Crippen molar-refractivity contribution in [1.29, 1.82) is 0 Å². The summed E-state index contributed by atoms with van der Waals surface area (Å²) in [4.78, 5) is 13.2. The van der Waals surface area contributed by atoms with E-state index in [0.29, 0.717) is 0 Å². The zero-order valence-corrected chi connectivity index (χ0v) is 4.10. The highest BCUT2D eigenvalue weighted by molar-refractivity contribution is 5.75. The minimum Gasteiger partial charge on any atom is -0.480 e. The van der Waals surface area contributed by atoms with Crippen molar-refractivity contribution in [1.82, 2.24) is 5.48 Å². The fourth-order valence-corrected chi connectivity index (χ4v) is 0.401. The van der Waals surface area contributed by atoms with E-state index in [9.17, 15) is 13.6 Å². The zero-order chi connectivity index (χ0) is 7.07. The summed E-state index contributed by atoms with van der Waals surface area (Å²) in [7, 11) is 0. The lowest BCUT2D eigenvalue weighted by atomic mass is 10.3. The quantitative estimate of drug-likeness (QED) is 0.517. The van der Waals surface area contributed by atoms with Crippen molar-refractivity contribution < 1.29 is 23.5 Å². The minimum atomic E-state index is -3.55. The van der Waals surface area contributed by atoms with Crippen LogP contribution in [-0.4, -0.2) is 23.2 Å². The number of hydrogen-bond acceptors (Lipinski definition) is 3. The lowest BCUT2D eigenvalue weighted by Gasteiger charge is -2.32. The number of aliphatic carboxylic acids is 1. The molecule has 0 aromatic carbocycles. The molecule has 1 atom stereocenters. The molecule has 1 rings (SSSR count). The first-order valence-corrected chi connectivity index (χ1v) is 2.08. The van der Waals surface area contributed by atoms with Crippen molar-refractivity contribution in [3.63, 3.8) is 0 Å². The molecule has 1 heterocycles. The smallest absolute Gasteiger partial charge is 0.399 e. The Labute approximate surface area is 48.4 Å². The molecule has 52 valence electrons. The molecule has 0 bridgehead atoms. The third-order valence-electron chi connectivity index (χ3n) is 0.896. The number of carboxylic acid groups (broad SMARTS) is 1. The molecular formula is C3H3F2NO3. The molecule has 0 aromatic heterocycles. The average Bonchev–Trinajstić information content (AvgIpc) is 1.62. The Morgan fingerprint density at radius 2 is 2.33 bits per heavy atom. The van der Waals surface area contributed by atoms with Crippen LogP contribution >= 0.6 is 0 Å². The van der Waals surface area contributed by atoms with Crippen molar-refractivity contribution in [2.45, 2.75) is 12.2 Å². The summed E-state index contributed by atoms with van der Waals surface area (Å²) in [5.74, 6) is -1.62. The number of rotatable bonds is 1. The SMILES string of the molecule is O=C(O)C1NOC1(F)F. The van der Waals surface area contributed by atoms with E-state index in [2.05, 4.69) is 4.84 Å². The average molecular weight is 139 g/mol. The van der Waals surface area contributed by atoms with Gasteiger partial charge >= 0.3 is 12.1 Å². The Balaban J connectivity index is 2.55. The van der Waals surface area contributed by atoms with Gasteiger partial charge in [0.05, 0.1) is 0 Å². The second-order valence-corrected chi connectivity index (χ2v) is 1.55. The lowest BCUT2D eigenvalue weighted by Crippen LogP contribution is -2.64. The van der Waals surface area contributed by atoms with Crippen LogP contribution in [0.15, 0.2) is 0 Å². The summed E-state index contributed by atoms with van der Waals surface area (Å²) in [5.41, 5.74) is 1.59. The Morgan fingerprint density at radius 3 is 2.33 bits per heavy atom. The fourth-order valence-electron chi connectivity index (χ4n) is 0.401. The number of nitrogens with one attached hydrogen (secondary N) is 1. The summed E-state index contributed by atoms with van der Waals surface area (Å²) in [5, 5.41) is 7.95. The second-order valence-electron chi connectivity index (χ2n) is 1.55. The van der Waals surface area contributed by atoms with Crippen molar-refractivity contribution >= 4 is 5.97 Å². The molecule has 1 aliphatic rings. The number of carbonyl (C=O) groups is 1. The van der Waals surface area contributed by atoms with Gasteiger partial charge in [-0.15, -0.1) is 0 Å². The molecule has 9 heavy (non-hydrogen) atoms. The van der Waals surface area contributed by atoms with Gasteiger partial charge < -0.3 is 5.11 Å². The molecule has 4 nitrogen and oxygen atoms in total. The van der Waals surface area contributed by atoms with Gasteiger partial charge in [0.15, 0.2) is 0 Å². The van der Waals surface area contributed by atoms with Crippen LogP contribution < -0.4 is 5.48 Å². The maximum absolute atomic E-state index is 11.8. The van der Waals surface area contributed by atoms with E-state index in [1.54, 1.807) is 5.48 Å². The first kappa shape index (κ1) is 6.37. The predicted molar refractivity (Wildman–Crippen MR) is 20.6 cm³/mol. The summed E-state index contributed by atoms with van der Waals surface area (Å²) in [6.07, 6.45) is -3.55. The molecule has 1 saturated heterocycles. The first-order chi connectivity index (χ1) is 4.04. The van der Waals surface area contributed by atoms with Crippen LogP contribution in [0.3, 0.4) is 0 Å². The van der Waals surface area contributed by atoms with Crippen LogP contribution in [-0.2, 0) is 9.63 Å². The standard InChI is InChI=1S/C3H3F2NO3/c4-3(5)1(2(7)8)6-9-3/h1,6H,(H,7,8). The number of alkyl halides is 2. The molecule has 0 aliphatic carbocycles. The number of hydroxylamine groups is 1. The number of hydrogen-bond donors (Lipinski definition) is 2. The minimum absolute atomic E-state index is 1.59. The van der Waals surface area contributed by atoms with Gasteiger partial charge in [-0.25, -0.2) is 4.84 Å². The molecule has 0 spiro atoms. The van der Waals surface area contributed by atoms with Gasteiger partial charge in [0.25, 0.3) is 0 Å². The maximum Gasteiger partial charge on any atom is 0.399 e. The van der Waals surface area contributed by atoms with Crippen molar-refractivity contribution in [2.75, 3.05) is 0 Å². The largest absolute Gasteiger partial charge is 0.480 e. The molecule has 1 aliphatic heterocycles. The predicted octanol–water partition coefficient (Wildman–Crippen LogP) is -0.433. The van der Waals surface area contributed by atoms with Crippen LogP contribution in [0, 0.1) is 0 Å². The highest BCUT2D eigenvalue weighted by Crippen LogP contribution is 2.26. The van der Waals surface area contributed by atoms with Crippen LogP contribution in [0.25, 0.3) is 0 Å². The van der Waals surface area contributed by atoms with Gasteiger partial charge in [-0.3, -0.25) is 4.79 Å². The van der Waals surface area contributed by atoms with Crippen molar-refractivity contribution in [2.24, 2.45) is 0 Å². The summed E-state index contributed by atoms with van der Waals surface area (Å²) >= 11 is 0. The van der Waals surface area contributed by atoms with Crippen LogP contribution in [0.5, 0.6) is 0 Å². The van der Waals surface area contributed by atoms with E-state index >= 15 is 0 Å². The topological polar surface area (TPSA) is 58.6 Å². The fraction of sp³-hybridized carbons (Fsp3) is 0.667. The van der Waals surface area contributed by atoms with Crippen molar-refractivity contribution in [3.8, 4) is 0 Å². The molecule has 0 amide bonds. The molecule has 0 aromatic rings. The van der Waals surface area contributed by atoms with Gasteiger partial charge in [0, 0.05) is 0 Å². The summed E-state index contributed by atoms with van der Waals surface area (Å²) in [6.45, 7) is 0.